The van der Waals surface area contributed by atoms with E-state index in [0.717, 1.165) is 29.9 Å². The number of methoxy groups -OCH3 is 1. The normalized spacial score (nSPS) is 18.8. The molecule has 0 saturated heterocycles. The molecule has 0 spiro atoms. The first kappa shape index (κ1) is 44.1. The van der Waals surface area contributed by atoms with Crippen molar-refractivity contribution in [1.82, 2.24) is 14.4 Å². The molecule has 0 radical (unpaired) electrons. The van der Waals surface area contributed by atoms with Gasteiger partial charge in [0.05, 0.1) is 49.0 Å². The average Bonchev–Trinajstić information content (AvgIpc) is 3.51. The predicted octanol–water partition coefficient (Wildman–Crippen LogP) is 7.42. The van der Waals surface area contributed by atoms with Gasteiger partial charge >= 0.3 is 6.03 Å². The van der Waals surface area contributed by atoms with Crippen molar-refractivity contribution in [2.45, 2.75) is 83.6 Å². The van der Waals surface area contributed by atoms with E-state index in [1.807, 2.05) is 45.0 Å². The maximum Gasteiger partial charge on any atom is 0.323 e. The zero-order chi connectivity index (χ0) is 42.0. The predicted molar refractivity (Wildman–Crippen MR) is 217 cm³/mol. The summed E-state index contributed by atoms with van der Waals surface area (Å²) in [5.41, 5.74) is 2.45. The fourth-order valence-electron chi connectivity index (χ4n) is 6.60. The molecule has 0 unspecified atom stereocenters. The van der Waals surface area contributed by atoms with Crippen LogP contribution in [0.1, 0.15) is 67.4 Å². The lowest BCUT2D eigenvalue weighted by Crippen LogP contribution is -2.48. The number of aromatic nitrogens is 1. The summed E-state index contributed by atoms with van der Waals surface area (Å²) in [6.07, 6.45) is 1.22. The van der Waals surface area contributed by atoms with Gasteiger partial charge < -0.3 is 39.0 Å². The van der Waals surface area contributed by atoms with E-state index in [9.17, 15) is 22.4 Å². The molecule has 3 aromatic carbocycles. The highest BCUT2D eigenvalue weighted by atomic mass is 32.2. The van der Waals surface area contributed by atoms with Gasteiger partial charge in [0.2, 0.25) is 10.0 Å². The van der Waals surface area contributed by atoms with Crippen LogP contribution in [-0.4, -0.2) is 93.4 Å². The van der Waals surface area contributed by atoms with Gasteiger partial charge in [-0.15, -0.1) is 0 Å². The largest absolute Gasteiger partial charge is 0.497 e. The van der Waals surface area contributed by atoms with Crippen LogP contribution >= 0.6 is 0 Å². The molecule has 14 nitrogen and oxygen atoms in total. The summed E-state index contributed by atoms with van der Waals surface area (Å²) in [5.74, 6) is 0.221. The fraction of sp³-hybridized carbons (Fsp3) is 0.452. The van der Waals surface area contributed by atoms with E-state index in [4.69, 9.17) is 23.5 Å². The smallest absolute Gasteiger partial charge is 0.323 e. The molecule has 2 heterocycles. The summed E-state index contributed by atoms with van der Waals surface area (Å²) in [7, 11) is -0.931. The minimum Gasteiger partial charge on any atom is -0.497 e. The quantitative estimate of drug-likeness (QED) is 0.147. The summed E-state index contributed by atoms with van der Waals surface area (Å²) in [6.45, 7) is 10.1. The van der Waals surface area contributed by atoms with Gasteiger partial charge in [-0.1, -0.05) is 24.2 Å². The van der Waals surface area contributed by atoms with E-state index in [0.29, 0.717) is 48.0 Å². The van der Waals surface area contributed by atoms with Crippen molar-refractivity contribution in [3.05, 3.63) is 95.1 Å². The number of carbonyl (C=O) groups is 2. The monoisotopic (exact) mass is 823 g/mol. The number of likely N-dealkylation sites (N-methyl/N-ethyl adjacent to an activating group) is 1. The molecule has 0 fully saturated rings. The number of amides is 3. The molecule has 16 heteroatoms. The van der Waals surface area contributed by atoms with Crippen molar-refractivity contribution in [3.63, 3.8) is 0 Å². The molecule has 2 N–H and O–H groups in total. The number of fused-ring (bicyclic) bond motifs is 1. The van der Waals surface area contributed by atoms with Gasteiger partial charge in [-0.3, -0.25) is 4.79 Å². The van der Waals surface area contributed by atoms with E-state index in [1.54, 1.807) is 44.1 Å². The molecular weight excluding hydrogens is 770 g/mol. The first-order chi connectivity index (χ1) is 27.7. The number of hydrogen-bond donors (Lipinski definition) is 2. The lowest BCUT2D eigenvalue weighted by Gasteiger charge is -2.36. The number of hydrogen-bond acceptors (Lipinski definition) is 10. The van der Waals surface area contributed by atoms with E-state index >= 15 is 0 Å². The highest BCUT2D eigenvalue weighted by Crippen LogP contribution is 2.30. The molecule has 1 aliphatic heterocycles. The third kappa shape index (κ3) is 11.6. The van der Waals surface area contributed by atoms with E-state index in [2.05, 4.69) is 15.8 Å². The Kier molecular flexibility index (Phi) is 15.3. The first-order valence-corrected chi connectivity index (χ1v) is 20.8. The van der Waals surface area contributed by atoms with Crippen LogP contribution in [-0.2, 0) is 26.1 Å². The number of nitrogens with one attached hydrogen (secondary N) is 2. The van der Waals surface area contributed by atoms with Crippen molar-refractivity contribution in [3.8, 4) is 11.5 Å². The molecular formula is C42H54FN5O9S. The zero-order valence-corrected chi connectivity index (χ0v) is 34.9. The van der Waals surface area contributed by atoms with Crippen molar-refractivity contribution in [1.29, 1.82) is 0 Å². The first-order valence-electron chi connectivity index (χ1n) is 19.3. The molecule has 5 rings (SSSR count). The van der Waals surface area contributed by atoms with Gasteiger partial charge in [-0.25, -0.2) is 17.6 Å². The van der Waals surface area contributed by atoms with Gasteiger partial charge in [0.1, 0.15) is 28.7 Å². The number of sulfonamides is 1. The lowest BCUT2D eigenvalue weighted by molar-refractivity contribution is -0.0120. The molecule has 0 aliphatic carbocycles. The Balaban J connectivity index is 1.45. The number of aryl methyl sites for hydroxylation is 2. The number of anilines is 2. The number of benzene rings is 3. The van der Waals surface area contributed by atoms with Gasteiger partial charge in [0.25, 0.3) is 5.91 Å². The van der Waals surface area contributed by atoms with Crippen LogP contribution < -0.4 is 20.1 Å². The number of ether oxygens (including phenoxy) is 4. The Hall–Kier alpha value is -5.03. The molecule has 58 heavy (non-hydrogen) atoms. The van der Waals surface area contributed by atoms with Crippen LogP contribution in [0.25, 0.3) is 0 Å². The minimum atomic E-state index is -3.99. The molecule has 3 amide bonds. The molecule has 0 bridgehead atoms. The van der Waals surface area contributed by atoms with Crippen LogP contribution in [0.5, 0.6) is 11.5 Å². The Morgan fingerprint density at radius 3 is 2.45 bits per heavy atom. The third-order valence-corrected chi connectivity index (χ3v) is 11.9. The average molecular weight is 824 g/mol. The van der Waals surface area contributed by atoms with Crippen LogP contribution in [0, 0.1) is 25.6 Å². The molecule has 4 atom stereocenters. The topological polar surface area (TPSA) is 162 Å². The highest BCUT2D eigenvalue weighted by molar-refractivity contribution is 7.89. The van der Waals surface area contributed by atoms with Crippen LogP contribution in [0.2, 0.25) is 0 Å². The summed E-state index contributed by atoms with van der Waals surface area (Å²) < 4.78 is 71.5. The van der Waals surface area contributed by atoms with Crippen molar-refractivity contribution < 1.29 is 45.9 Å². The standard InChI is InChI=1S/C42H54FN5O9S/c1-27-23-48(28(2)25-54-26-32-11-16-35(53-7)17-12-32)41(49)37-22-34(44-42(50)45-40-30(4)46-57-31(40)5)15-20-38(37)56-29(3)10-8-9-21-55-39(27)24-47(6)58(51,52)36-18-13-33(43)14-19-36/h11-20,22,27-29,39H,8-10,21,23-26H2,1-7H3,(H2,44,45,50)/t27-,28+,29-,39+/m1/s1. The zero-order valence-electron chi connectivity index (χ0n) is 34.1. The second kappa shape index (κ2) is 20.1. The van der Waals surface area contributed by atoms with E-state index in [1.165, 1.54) is 23.5 Å². The van der Waals surface area contributed by atoms with E-state index in [-0.39, 0.29) is 54.7 Å². The van der Waals surface area contributed by atoms with Crippen LogP contribution in [0.15, 0.2) is 76.1 Å². The molecule has 4 aromatic rings. The molecule has 0 saturated carbocycles. The van der Waals surface area contributed by atoms with Crippen LogP contribution in [0.3, 0.4) is 0 Å². The second-order valence-electron chi connectivity index (χ2n) is 14.7. The minimum absolute atomic E-state index is 0.0182. The second-order valence-corrected chi connectivity index (χ2v) is 16.8. The SMILES string of the molecule is COc1ccc(COC[C@H](C)N2C[C@@H](C)[C@H](CN(C)S(=O)(=O)c3ccc(F)cc3)OCCCC[C@@H](C)Oc3ccc(NC(=O)Nc4c(C)noc4C)cc3C2=O)cc1. The van der Waals surface area contributed by atoms with E-state index < -0.39 is 34.0 Å². The van der Waals surface area contributed by atoms with Crippen LogP contribution in [0.4, 0.5) is 20.6 Å². The lowest BCUT2D eigenvalue weighted by atomic mass is 10.0. The maximum absolute atomic E-state index is 14.9. The molecule has 1 aromatic heterocycles. The molecule has 314 valence electrons. The number of carbonyl (C=O) groups excluding carboxylic acids is 2. The Bertz CT molecular complexity index is 2080. The van der Waals surface area contributed by atoms with Gasteiger partial charge in [-0.05, 0) is 107 Å². The number of nitrogens with zero attached hydrogens (tertiary/aromatic N) is 3. The number of halogens is 1. The Morgan fingerprint density at radius 1 is 1.05 bits per heavy atom. The summed E-state index contributed by atoms with van der Waals surface area (Å²) in [5, 5.41) is 9.46. The highest BCUT2D eigenvalue weighted by Gasteiger charge is 2.33. The summed E-state index contributed by atoms with van der Waals surface area (Å²) in [4.78, 5) is 29.7. The van der Waals surface area contributed by atoms with Gasteiger partial charge in [0, 0.05) is 38.3 Å². The van der Waals surface area contributed by atoms with Crippen molar-refractivity contribution in [2.24, 2.45) is 5.92 Å². The maximum atomic E-state index is 14.9. The summed E-state index contributed by atoms with van der Waals surface area (Å²) in [6, 6.07) is 16.1. The van der Waals surface area contributed by atoms with Crippen molar-refractivity contribution in [2.75, 3.05) is 51.1 Å². The Morgan fingerprint density at radius 2 is 1.78 bits per heavy atom. The van der Waals surface area contributed by atoms with Crippen molar-refractivity contribution >= 4 is 33.3 Å². The fourth-order valence-corrected chi connectivity index (χ4v) is 7.78. The molecule has 1 aliphatic rings. The van der Waals surface area contributed by atoms with Gasteiger partial charge in [-0.2, -0.15) is 4.31 Å². The number of rotatable bonds is 12. The third-order valence-electron chi connectivity index (χ3n) is 10.1. The Labute approximate surface area is 340 Å². The number of urea groups is 1. The van der Waals surface area contributed by atoms with Gasteiger partial charge in [0.15, 0.2) is 5.76 Å². The summed E-state index contributed by atoms with van der Waals surface area (Å²) >= 11 is 0.